The summed E-state index contributed by atoms with van der Waals surface area (Å²) >= 11 is 12.1. The quantitative estimate of drug-likeness (QED) is 0.896. The summed E-state index contributed by atoms with van der Waals surface area (Å²) in [6.07, 6.45) is 0. The molecule has 1 aliphatic rings. The Labute approximate surface area is 128 Å². The van der Waals surface area contributed by atoms with Gasteiger partial charge in [0.05, 0.1) is 17.2 Å². The minimum absolute atomic E-state index is 0.291. The van der Waals surface area contributed by atoms with Gasteiger partial charge in [-0.25, -0.2) is 0 Å². The second-order valence-electron chi connectivity index (χ2n) is 4.92. The highest BCUT2D eigenvalue weighted by Gasteiger charge is 2.22. The van der Waals surface area contributed by atoms with Gasteiger partial charge in [-0.2, -0.15) is 0 Å². The molecule has 1 aliphatic heterocycles. The summed E-state index contributed by atoms with van der Waals surface area (Å²) < 4.78 is 5.29. The monoisotopic (exact) mass is 307 g/mol. The standard InChI is InChI=1S/C16H15Cl2NO/c1-20-12-3-4-13-11(6-12)8-19-9-14(13)10-2-5-15(17)16(18)7-10/h2-7,14,19H,8-9H2,1H3. The van der Waals surface area contributed by atoms with Crippen LogP contribution in [0.25, 0.3) is 0 Å². The van der Waals surface area contributed by atoms with Crippen molar-refractivity contribution in [2.75, 3.05) is 13.7 Å². The summed E-state index contributed by atoms with van der Waals surface area (Å²) in [6, 6.07) is 12.1. The number of fused-ring (bicyclic) bond motifs is 1. The van der Waals surface area contributed by atoms with Gasteiger partial charge < -0.3 is 10.1 Å². The molecule has 2 nitrogen and oxygen atoms in total. The van der Waals surface area contributed by atoms with Crippen LogP contribution in [0, 0.1) is 0 Å². The van der Waals surface area contributed by atoms with Gasteiger partial charge in [0.1, 0.15) is 5.75 Å². The van der Waals surface area contributed by atoms with E-state index in [-0.39, 0.29) is 0 Å². The molecule has 0 saturated heterocycles. The fourth-order valence-electron chi connectivity index (χ4n) is 2.69. The Balaban J connectivity index is 2.02. The van der Waals surface area contributed by atoms with Crippen molar-refractivity contribution < 1.29 is 4.74 Å². The number of benzene rings is 2. The fourth-order valence-corrected chi connectivity index (χ4v) is 3.00. The average Bonchev–Trinajstić information content (AvgIpc) is 2.49. The Morgan fingerprint density at radius 3 is 2.70 bits per heavy atom. The first-order chi connectivity index (χ1) is 9.69. The number of nitrogens with one attached hydrogen (secondary N) is 1. The van der Waals surface area contributed by atoms with E-state index in [1.807, 2.05) is 24.3 Å². The minimum atomic E-state index is 0.291. The topological polar surface area (TPSA) is 21.3 Å². The van der Waals surface area contributed by atoms with Crippen molar-refractivity contribution in [3.63, 3.8) is 0 Å². The molecule has 0 aromatic heterocycles. The number of hydrogen-bond donors (Lipinski definition) is 1. The van der Waals surface area contributed by atoms with Crippen molar-refractivity contribution in [1.29, 1.82) is 0 Å². The highest BCUT2D eigenvalue weighted by atomic mass is 35.5. The van der Waals surface area contributed by atoms with Crippen LogP contribution in [0.4, 0.5) is 0 Å². The summed E-state index contributed by atoms with van der Waals surface area (Å²) in [5.41, 5.74) is 3.77. The summed E-state index contributed by atoms with van der Waals surface area (Å²) in [6.45, 7) is 1.77. The molecule has 20 heavy (non-hydrogen) atoms. The van der Waals surface area contributed by atoms with Gasteiger partial charge in [-0.05, 0) is 41.0 Å². The van der Waals surface area contributed by atoms with Crippen molar-refractivity contribution in [3.05, 3.63) is 63.1 Å². The molecule has 0 amide bonds. The maximum atomic E-state index is 6.14. The van der Waals surface area contributed by atoms with Gasteiger partial charge in [0.25, 0.3) is 0 Å². The van der Waals surface area contributed by atoms with Crippen LogP contribution in [0.3, 0.4) is 0 Å². The molecule has 0 aliphatic carbocycles. The fraction of sp³-hybridized carbons (Fsp3) is 0.250. The molecule has 4 heteroatoms. The van der Waals surface area contributed by atoms with E-state index in [2.05, 4.69) is 17.4 Å². The number of hydrogen-bond acceptors (Lipinski definition) is 2. The molecule has 0 radical (unpaired) electrons. The van der Waals surface area contributed by atoms with E-state index >= 15 is 0 Å². The summed E-state index contributed by atoms with van der Waals surface area (Å²) in [5.74, 6) is 1.18. The highest BCUT2D eigenvalue weighted by molar-refractivity contribution is 6.42. The largest absolute Gasteiger partial charge is 0.497 e. The third-order valence-electron chi connectivity index (χ3n) is 3.74. The Morgan fingerprint density at radius 2 is 1.95 bits per heavy atom. The van der Waals surface area contributed by atoms with Crippen LogP contribution in [0.5, 0.6) is 5.75 Å². The third-order valence-corrected chi connectivity index (χ3v) is 4.47. The van der Waals surface area contributed by atoms with Gasteiger partial charge in [-0.1, -0.05) is 35.3 Å². The Morgan fingerprint density at radius 1 is 1.10 bits per heavy atom. The lowest BCUT2D eigenvalue weighted by atomic mass is 9.85. The SMILES string of the molecule is COc1ccc2c(c1)CNCC2c1ccc(Cl)c(Cl)c1. The first kappa shape index (κ1) is 13.7. The molecule has 1 unspecified atom stereocenters. The Bertz CT molecular complexity index is 642. The molecule has 3 rings (SSSR count). The highest BCUT2D eigenvalue weighted by Crippen LogP contribution is 2.34. The third kappa shape index (κ3) is 2.51. The molecule has 0 saturated carbocycles. The van der Waals surface area contributed by atoms with Crippen molar-refractivity contribution in [3.8, 4) is 5.75 Å². The second kappa shape index (κ2) is 5.65. The summed E-state index contributed by atoms with van der Waals surface area (Å²) in [7, 11) is 1.69. The van der Waals surface area contributed by atoms with E-state index in [0.29, 0.717) is 16.0 Å². The maximum Gasteiger partial charge on any atom is 0.119 e. The lowest BCUT2D eigenvalue weighted by Crippen LogP contribution is -2.28. The first-order valence-corrected chi connectivity index (χ1v) is 7.27. The van der Waals surface area contributed by atoms with Gasteiger partial charge in [0.2, 0.25) is 0 Å². The average molecular weight is 308 g/mol. The van der Waals surface area contributed by atoms with Crippen molar-refractivity contribution >= 4 is 23.2 Å². The lowest BCUT2D eigenvalue weighted by Gasteiger charge is -2.27. The predicted octanol–water partition coefficient (Wildman–Crippen LogP) is 4.24. The Kier molecular flexibility index (Phi) is 3.88. The molecule has 1 heterocycles. The summed E-state index contributed by atoms with van der Waals surface area (Å²) in [4.78, 5) is 0. The second-order valence-corrected chi connectivity index (χ2v) is 5.74. The van der Waals surface area contributed by atoms with Gasteiger partial charge in [0.15, 0.2) is 0 Å². The number of halogens is 2. The number of rotatable bonds is 2. The zero-order chi connectivity index (χ0) is 14.1. The van der Waals surface area contributed by atoms with Gasteiger partial charge >= 0.3 is 0 Å². The van der Waals surface area contributed by atoms with Crippen LogP contribution in [-0.2, 0) is 6.54 Å². The predicted molar refractivity (Wildman–Crippen MR) is 83.0 cm³/mol. The molecule has 104 valence electrons. The van der Waals surface area contributed by atoms with Crippen LogP contribution in [0.2, 0.25) is 10.0 Å². The number of methoxy groups -OCH3 is 1. The van der Waals surface area contributed by atoms with Gasteiger partial charge in [0, 0.05) is 19.0 Å². The molecule has 0 fully saturated rings. The first-order valence-electron chi connectivity index (χ1n) is 6.51. The van der Waals surface area contributed by atoms with E-state index in [1.165, 1.54) is 16.7 Å². The normalized spacial score (nSPS) is 17.6. The molecule has 1 atom stereocenters. The van der Waals surface area contributed by atoms with E-state index in [4.69, 9.17) is 27.9 Å². The van der Waals surface area contributed by atoms with Crippen molar-refractivity contribution in [2.24, 2.45) is 0 Å². The molecule has 2 aromatic rings. The van der Waals surface area contributed by atoms with Gasteiger partial charge in [-0.15, -0.1) is 0 Å². The molecule has 2 aromatic carbocycles. The zero-order valence-corrected chi connectivity index (χ0v) is 12.6. The van der Waals surface area contributed by atoms with Crippen molar-refractivity contribution in [1.82, 2.24) is 5.32 Å². The molecular formula is C16H15Cl2NO. The summed E-state index contributed by atoms with van der Waals surface area (Å²) in [5, 5.41) is 4.64. The molecule has 1 N–H and O–H groups in total. The van der Waals surface area contributed by atoms with Crippen LogP contribution in [-0.4, -0.2) is 13.7 Å². The van der Waals surface area contributed by atoms with Gasteiger partial charge in [-0.3, -0.25) is 0 Å². The zero-order valence-electron chi connectivity index (χ0n) is 11.1. The van der Waals surface area contributed by atoms with Crippen LogP contribution in [0.15, 0.2) is 36.4 Å². The number of ether oxygens (including phenoxy) is 1. The minimum Gasteiger partial charge on any atom is -0.497 e. The molecule has 0 spiro atoms. The van der Waals surface area contributed by atoms with Crippen LogP contribution >= 0.6 is 23.2 Å². The lowest BCUT2D eigenvalue weighted by molar-refractivity contribution is 0.413. The Hall–Kier alpha value is -1.22. The van der Waals surface area contributed by atoms with Crippen LogP contribution < -0.4 is 10.1 Å². The van der Waals surface area contributed by atoms with E-state index in [1.54, 1.807) is 7.11 Å². The van der Waals surface area contributed by atoms with E-state index in [9.17, 15) is 0 Å². The van der Waals surface area contributed by atoms with Crippen LogP contribution in [0.1, 0.15) is 22.6 Å². The maximum absolute atomic E-state index is 6.14. The molecular weight excluding hydrogens is 293 g/mol. The smallest absolute Gasteiger partial charge is 0.119 e. The van der Waals surface area contributed by atoms with E-state index < -0.39 is 0 Å². The molecule has 0 bridgehead atoms. The van der Waals surface area contributed by atoms with E-state index in [0.717, 1.165) is 18.8 Å². The van der Waals surface area contributed by atoms with Crippen molar-refractivity contribution in [2.45, 2.75) is 12.5 Å².